The summed E-state index contributed by atoms with van der Waals surface area (Å²) < 4.78 is 5.13. The van der Waals surface area contributed by atoms with E-state index >= 15 is 0 Å². The second-order valence-corrected chi connectivity index (χ2v) is 4.90. The van der Waals surface area contributed by atoms with Crippen LogP contribution < -0.4 is 4.74 Å². The fraction of sp³-hybridized carbons (Fsp3) is 0.214. The fourth-order valence-corrected chi connectivity index (χ4v) is 2.57. The molecule has 86 valence electrons. The maximum atomic E-state index is 8.88. The van der Waals surface area contributed by atoms with Gasteiger partial charge in [-0.3, -0.25) is 0 Å². The Morgan fingerprint density at radius 2 is 1.88 bits per heavy atom. The zero-order chi connectivity index (χ0) is 12.3. The minimum atomic E-state index is -0.0352. The van der Waals surface area contributed by atoms with Crippen LogP contribution in [0, 0.1) is 11.3 Å². The van der Waals surface area contributed by atoms with Crippen LogP contribution in [0.5, 0.6) is 5.75 Å². The van der Waals surface area contributed by atoms with Gasteiger partial charge in [-0.25, -0.2) is 0 Å². The van der Waals surface area contributed by atoms with E-state index in [4.69, 9.17) is 10.00 Å². The van der Waals surface area contributed by atoms with Crippen molar-refractivity contribution in [3.63, 3.8) is 0 Å². The molecule has 2 rings (SSSR count). The van der Waals surface area contributed by atoms with Crippen LogP contribution in [0.2, 0.25) is 0 Å². The van der Waals surface area contributed by atoms with Gasteiger partial charge in [-0.1, -0.05) is 0 Å². The molecule has 1 atom stereocenters. The van der Waals surface area contributed by atoms with Crippen molar-refractivity contribution in [2.24, 2.45) is 0 Å². The molecular formula is C14H13NOS. The first-order chi connectivity index (χ1) is 8.24. The molecule has 2 aromatic rings. The number of benzene rings is 1. The standard InChI is InChI=1S/C14H13NOS/c1-10(9-15)13-7-8-14(17-13)11-3-5-12(16-2)6-4-11/h3-8,10H,1-2H3. The lowest BCUT2D eigenvalue weighted by Gasteiger charge is -2.01. The molecule has 1 heterocycles. The maximum absolute atomic E-state index is 8.88. The number of rotatable bonds is 3. The third kappa shape index (κ3) is 2.48. The highest BCUT2D eigenvalue weighted by Crippen LogP contribution is 2.32. The fourth-order valence-electron chi connectivity index (χ4n) is 1.56. The van der Waals surface area contributed by atoms with Gasteiger partial charge in [-0.2, -0.15) is 5.26 Å². The molecule has 0 fully saturated rings. The first-order valence-corrected chi connectivity index (χ1v) is 6.20. The second kappa shape index (κ2) is 5.03. The highest BCUT2D eigenvalue weighted by molar-refractivity contribution is 7.15. The molecule has 2 nitrogen and oxygen atoms in total. The minimum Gasteiger partial charge on any atom is -0.497 e. The van der Waals surface area contributed by atoms with Crippen molar-refractivity contribution in [3.05, 3.63) is 41.3 Å². The molecule has 17 heavy (non-hydrogen) atoms. The topological polar surface area (TPSA) is 33.0 Å². The summed E-state index contributed by atoms with van der Waals surface area (Å²) in [7, 11) is 1.66. The SMILES string of the molecule is COc1ccc(-c2ccc(C(C)C#N)s2)cc1. The van der Waals surface area contributed by atoms with Crippen molar-refractivity contribution < 1.29 is 4.74 Å². The minimum absolute atomic E-state index is 0.0352. The molecule has 0 bridgehead atoms. The molecule has 0 radical (unpaired) electrons. The van der Waals surface area contributed by atoms with Crippen molar-refractivity contribution in [3.8, 4) is 22.3 Å². The van der Waals surface area contributed by atoms with Crippen molar-refractivity contribution in [1.82, 2.24) is 0 Å². The molecule has 1 unspecified atom stereocenters. The molecular weight excluding hydrogens is 230 g/mol. The predicted molar refractivity (Wildman–Crippen MR) is 70.3 cm³/mol. The van der Waals surface area contributed by atoms with Crippen molar-refractivity contribution >= 4 is 11.3 Å². The molecule has 0 aliphatic rings. The summed E-state index contributed by atoms with van der Waals surface area (Å²) >= 11 is 1.67. The average molecular weight is 243 g/mol. The van der Waals surface area contributed by atoms with E-state index in [2.05, 4.69) is 12.1 Å². The quantitative estimate of drug-likeness (QED) is 0.814. The number of thiophene rings is 1. The van der Waals surface area contributed by atoms with Gasteiger partial charge in [0.15, 0.2) is 0 Å². The number of ether oxygens (including phenoxy) is 1. The lowest BCUT2D eigenvalue weighted by atomic mass is 10.1. The first-order valence-electron chi connectivity index (χ1n) is 5.38. The van der Waals surface area contributed by atoms with Crippen LogP contribution in [0.25, 0.3) is 10.4 Å². The number of nitriles is 1. The van der Waals surface area contributed by atoms with Gasteiger partial charge in [0.2, 0.25) is 0 Å². The van der Waals surface area contributed by atoms with Gasteiger partial charge in [0.1, 0.15) is 5.75 Å². The van der Waals surface area contributed by atoms with Crippen molar-refractivity contribution in [2.45, 2.75) is 12.8 Å². The maximum Gasteiger partial charge on any atom is 0.118 e. The lowest BCUT2D eigenvalue weighted by Crippen LogP contribution is -1.82. The third-order valence-corrected chi connectivity index (χ3v) is 3.94. The van der Waals surface area contributed by atoms with Gasteiger partial charge in [-0.05, 0) is 48.9 Å². The number of methoxy groups -OCH3 is 1. The van der Waals surface area contributed by atoms with Crippen molar-refractivity contribution in [2.75, 3.05) is 7.11 Å². The molecule has 0 spiro atoms. The average Bonchev–Trinajstić information content (AvgIpc) is 2.87. The molecule has 0 amide bonds. The van der Waals surface area contributed by atoms with Gasteiger partial charge in [0.05, 0.1) is 19.1 Å². The summed E-state index contributed by atoms with van der Waals surface area (Å²) in [5.74, 6) is 0.822. The lowest BCUT2D eigenvalue weighted by molar-refractivity contribution is 0.415. The Bertz CT molecular complexity index is 536. The normalized spacial score (nSPS) is 11.8. The summed E-state index contributed by atoms with van der Waals surface area (Å²) in [6, 6.07) is 14.3. The number of hydrogen-bond acceptors (Lipinski definition) is 3. The Hall–Kier alpha value is -1.79. The summed E-state index contributed by atoms with van der Waals surface area (Å²) in [5.41, 5.74) is 1.16. The van der Waals surface area contributed by atoms with Gasteiger partial charge in [-0.15, -0.1) is 11.3 Å². The van der Waals surface area contributed by atoms with Crippen LogP contribution >= 0.6 is 11.3 Å². The highest BCUT2D eigenvalue weighted by Gasteiger charge is 2.08. The van der Waals surface area contributed by atoms with Crippen molar-refractivity contribution in [1.29, 1.82) is 5.26 Å². The van der Waals surface area contributed by atoms with Crippen LogP contribution in [0.15, 0.2) is 36.4 Å². The Morgan fingerprint density at radius 3 is 2.47 bits per heavy atom. The number of hydrogen-bond donors (Lipinski definition) is 0. The predicted octanol–water partition coefficient (Wildman–Crippen LogP) is 4.05. The van der Waals surface area contributed by atoms with Crippen LogP contribution in [0.4, 0.5) is 0 Å². The van der Waals surface area contributed by atoms with E-state index in [1.165, 1.54) is 4.88 Å². The highest BCUT2D eigenvalue weighted by atomic mass is 32.1. The second-order valence-electron chi connectivity index (χ2n) is 3.78. The van der Waals surface area contributed by atoms with Gasteiger partial charge >= 0.3 is 0 Å². The smallest absolute Gasteiger partial charge is 0.118 e. The molecule has 3 heteroatoms. The van der Waals surface area contributed by atoms with E-state index in [0.717, 1.165) is 16.2 Å². The molecule has 0 N–H and O–H groups in total. The van der Waals surface area contributed by atoms with Crippen LogP contribution in [0.1, 0.15) is 17.7 Å². The first kappa shape index (κ1) is 11.7. The summed E-state index contributed by atoms with van der Waals surface area (Å²) in [4.78, 5) is 2.29. The van der Waals surface area contributed by atoms with E-state index in [1.54, 1.807) is 18.4 Å². The largest absolute Gasteiger partial charge is 0.497 e. The Labute approximate surface area is 105 Å². The zero-order valence-electron chi connectivity index (χ0n) is 9.81. The molecule has 1 aromatic heterocycles. The summed E-state index contributed by atoms with van der Waals surface area (Å²) in [5, 5.41) is 8.88. The molecule has 0 aliphatic heterocycles. The monoisotopic (exact) mass is 243 g/mol. The molecule has 0 saturated carbocycles. The molecule has 0 aliphatic carbocycles. The van der Waals surface area contributed by atoms with Gasteiger partial charge < -0.3 is 4.74 Å². The van der Waals surface area contributed by atoms with E-state index in [9.17, 15) is 0 Å². The summed E-state index contributed by atoms with van der Waals surface area (Å²) in [6.07, 6.45) is 0. The van der Waals surface area contributed by atoms with E-state index in [0.29, 0.717) is 0 Å². The summed E-state index contributed by atoms with van der Waals surface area (Å²) in [6.45, 7) is 1.92. The van der Waals surface area contributed by atoms with Gasteiger partial charge in [0, 0.05) is 9.75 Å². The van der Waals surface area contributed by atoms with Gasteiger partial charge in [0.25, 0.3) is 0 Å². The zero-order valence-corrected chi connectivity index (χ0v) is 10.6. The van der Waals surface area contributed by atoms with E-state index in [1.807, 2.05) is 37.3 Å². The number of nitrogens with zero attached hydrogens (tertiary/aromatic N) is 1. The van der Waals surface area contributed by atoms with E-state index < -0.39 is 0 Å². The Morgan fingerprint density at radius 1 is 1.18 bits per heavy atom. The molecule has 0 saturated heterocycles. The third-order valence-electron chi connectivity index (χ3n) is 2.62. The van der Waals surface area contributed by atoms with E-state index in [-0.39, 0.29) is 5.92 Å². The van der Waals surface area contributed by atoms with Crippen LogP contribution in [0.3, 0.4) is 0 Å². The van der Waals surface area contributed by atoms with Crippen LogP contribution in [-0.4, -0.2) is 7.11 Å². The Kier molecular flexibility index (Phi) is 3.46. The Balaban J connectivity index is 2.28. The molecule has 1 aromatic carbocycles. The van der Waals surface area contributed by atoms with Crippen LogP contribution in [-0.2, 0) is 0 Å².